The molecule has 1 N–H and O–H groups in total. The van der Waals surface area contributed by atoms with Crippen LogP contribution in [0, 0.1) is 5.41 Å². The molecule has 4 nitrogen and oxygen atoms in total. The first-order valence-electron chi connectivity index (χ1n) is 8.47. The Balaban J connectivity index is 1.80. The quantitative estimate of drug-likeness (QED) is 0.875. The molecule has 3 atom stereocenters. The molecule has 5 heteroatoms. The zero-order valence-electron chi connectivity index (χ0n) is 13.9. The van der Waals surface area contributed by atoms with E-state index in [-0.39, 0.29) is 11.8 Å². The van der Waals surface area contributed by atoms with Crippen molar-refractivity contribution >= 4 is 17.6 Å². The standard InChI is InChI=1S/C20H19ClO4/c1-2-20(19(22)23)16(12-6-4-3-5-7-12)17(20)13-10-14(21)18-15(11-13)24-8-9-25-18/h3-7,10-11,16-17H,2,8-9H2,1H3,(H,22,23)/t16-,17-,20+/m0/s1. The van der Waals surface area contributed by atoms with Crippen molar-refractivity contribution in [2.24, 2.45) is 5.41 Å². The van der Waals surface area contributed by atoms with Crippen LogP contribution in [0.1, 0.15) is 36.3 Å². The number of ether oxygens (including phenoxy) is 2. The van der Waals surface area contributed by atoms with E-state index in [0.717, 1.165) is 11.1 Å². The molecule has 0 spiro atoms. The van der Waals surface area contributed by atoms with Gasteiger partial charge in [0, 0.05) is 11.8 Å². The van der Waals surface area contributed by atoms with E-state index in [1.165, 1.54) is 0 Å². The summed E-state index contributed by atoms with van der Waals surface area (Å²) in [5.41, 5.74) is 1.13. The summed E-state index contributed by atoms with van der Waals surface area (Å²) in [5, 5.41) is 10.5. The third-order valence-corrected chi connectivity index (χ3v) is 5.74. The number of carbonyl (C=O) groups is 1. The van der Waals surface area contributed by atoms with Gasteiger partial charge in [-0.1, -0.05) is 48.9 Å². The lowest BCUT2D eigenvalue weighted by Crippen LogP contribution is -2.18. The van der Waals surface area contributed by atoms with Gasteiger partial charge < -0.3 is 14.6 Å². The van der Waals surface area contributed by atoms with E-state index >= 15 is 0 Å². The summed E-state index contributed by atoms with van der Waals surface area (Å²) < 4.78 is 11.2. The number of rotatable bonds is 4. The average molecular weight is 359 g/mol. The normalized spacial score (nSPS) is 27.0. The Bertz CT molecular complexity index is 820. The minimum absolute atomic E-state index is 0.0742. The first kappa shape index (κ1) is 16.3. The van der Waals surface area contributed by atoms with Gasteiger partial charge in [-0.25, -0.2) is 0 Å². The highest BCUT2D eigenvalue weighted by molar-refractivity contribution is 6.32. The molecule has 1 saturated carbocycles. The minimum atomic E-state index is -0.811. The molecular formula is C20H19ClO4. The van der Waals surface area contributed by atoms with Crippen molar-refractivity contribution in [2.45, 2.75) is 25.2 Å². The Labute approximate surface area is 151 Å². The van der Waals surface area contributed by atoms with Crippen LogP contribution in [0.2, 0.25) is 5.02 Å². The van der Waals surface area contributed by atoms with Gasteiger partial charge in [-0.3, -0.25) is 4.79 Å². The first-order chi connectivity index (χ1) is 12.1. The summed E-state index contributed by atoms with van der Waals surface area (Å²) in [6.45, 7) is 2.87. The van der Waals surface area contributed by atoms with Crippen LogP contribution in [0.4, 0.5) is 0 Å². The highest BCUT2D eigenvalue weighted by atomic mass is 35.5. The summed E-state index contributed by atoms with van der Waals surface area (Å²) in [6.07, 6.45) is 0.554. The van der Waals surface area contributed by atoms with Gasteiger partial charge in [-0.05, 0) is 29.7 Å². The van der Waals surface area contributed by atoms with Gasteiger partial charge in [-0.2, -0.15) is 0 Å². The predicted octanol–water partition coefficient (Wildman–Crippen LogP) is 4.47. The number of benzene rings is 2. The maximum absolute atomic E-state index is 12.2. The summed E-state index contributed by atoms with van der Waals surface area (Å²) in [5.74, 6) is 0.175. The van der Waals surface area contributed by atoms with Crippen LogP contribution in [0.15, 0.2) is 42.5 Å². The zero-order valence-corrected chi connectivity index (χ0v) is 14.6. The van der Waals surface area contributed by atoms with Crippen LogP contribution >= 0.6 is 11.6 Å². The van der Waals surface area contributed by atoms with Crippen molar-refractivity contribution in [2.75, 3.05) is 13.2 Å². The topological polar surface area (TPSA) is 55.8 Å². The summed E-state index contributed by atoms with van der Waals surface area (Å²) >= 11 is 6.38. The fourth-order valence-corrected chi connectivity index (χ4v) is 4.52. The largest absolute Gasteiger partial charge is 0.486 e. The first-order valence-corrected chi connectivity index (χ1v) is 8.84. The van der Waals surface area contributed by atoms with Crippen LogP contribution in [-0.4, -0.2) is 24.3 Å². The second kappa shape index (κ2) is 5.95. The lowest BCUT2D eigenvalue weighted by Gasteiger charge is -2.20. The Morgan fingerprint density at radius 1 is 1.16 bits per heavy atom. The van der Waals surface area contributed by atoms with Crippen molar-refractivity contribution in [1.82, 2.24) is 0 Å². The second-order valence-electron chi connectivity index (χ2n) is 6.59. The molecule has 2 aromatic carbocycles. The number of carboxylic acids is 1. The fraction of sp³-hybridized carbons (Fsp3) is 0.350. The van der Waals surface area contributed by atoms with E-state index in [1.54, 1.807) is 0 Å². The van der Waals surface area contributed by atoms with Crippen molar-refractivity contribution in [3.63, 3.8) is 0 Å². The van der Waals surface area contributed by atoms with E-state index < -0.39 is 11.4 Å². The lowest BCUT2D eigenvalue weighted by molar-refractivity contribution is -0.143. The maximum atomic E-state index is 12.2. The van der Waals surface area contributed by atoms with Gasteiger partial charge in [0.15, 0.2) is 11.5 Å². The lowest BCUT2D eigenvalue weighted by atomic mass is 9.94. The number of fused-ring (bicyclic) bond motifs is 1. The van der Waals surface area contributed by atoms with Gasteiger partial charge in [0.2, 0.25) is 0 Å². The van der Waals surface area contributed by atoms with Crippen molar-refractivity contribution in [3.8, 4) is 11.5 Å². The van der Waals surface area contributed by atoms with Crippen LogP contribution in [0.5, 0.6) is 11.5 Å². The Hall–Kier alpha value is -2.20. The van der Waals surface area contributed by atoms with Crippen molar-refractivity contribution in [3.05, 3.63) is 58.6 Å². The highest BCUT2D eigenvalue weighted by Gasteiger charge is 2.69. The molecule has 4 rings (SSSR count). The zero-order chi connectivity index (χ0) is 17.6. The summed E-state index contributed by atoms with van der Waals surface area (Å²) in [6, 6.07) is 13.6. The third kappa shape index (κ3) is 2.39. The van der Waals surface area contributed by atoms with Crippen molar-refractivity contribution in [1.29, 1.82) is 0 Å². The monoisotopic (exact) mass is 358 g/mol. The number of hydrogen-bond donors (Lipinski definition) is 1. The van der Waals surface area contributed by atoms with Gasteiger partial charge in [-0.15, -0.1) is 0 Å². The molecular weight excluding hydrogens is 340 g/mol. The molecule has 2 aromatic rings. The van der Waals surface area contributed by atoms with Gasteiger partial charge in [0.05, 0.1) is 10.4 Å². The molecule has 1 aliphatic carbocycles. The molecule has 1 heterocycles. The Morgan fingerprint density at radius 3 is 2.52 bits per heavy atom. The molecule has 0 saturated heterocycles. The van der Waals surface area contributed by atoms with E-state index in [2.05, 4.69) is 0 Å². The number of carboxylic acid groups (broad SMARTS) is 1. The molecule has 0 unspecified atom stereocenters. The number of aliphatic carboxylic acids is 1. The van der Waals surface area contributed by atoms with Gasteiger partial charge in [0.1, 0.15) is 13.2 Å². The predicted molar refractivity (Wildman–Crippen MR) is 94.7 cm³/mol. The Kier molecular flexibility index (Phi) is 3.88. The molecule has 0 aromatic heterocycles. The van der Waals surface area contributed by atoms with E-state index in [4.69, 9.17) is 21.1 Å². The molecule has 130 valence electrons. The SMILES string of the molecule is CC[C@@]1(C(=O)O)[C@@H](c2ccccc2)[C@@H]1c1cc(Cl)c2c(c1)OCCO2. The molecule has 1 fully saturated rings. The number of halogens is 1. The second-order valence-corrected chi connectivity index (χ2v) is 7.00. The van der Waals surface area contributed by atoms with E-state index in [0.29, 0.717) is 36.2 Å². The molecule has 25 heavy (non-hydrogen) atoms. The molecule has 0 amide bonds. The Morgan fingerprint density at radius 2 is 1.84 bits per heavy atom. The van der Waals surface area contributed by atoms with E-state index in [9.17, 15) is 9.90 Å². The van der Waals surface area contributed by atoms with E-state index in [1.807, 2.05) is 49.4 Å². The van der Waals surface area contributed by atoms with Crippen LogP contribution < -0.4 is 9.47 Å². The molecule has 0 bridgehead atoms. The molecule has 0 radical (unpaired) electrons. The van der Waals surface area contributed by atoms with Gasteiger partial charge in [0.25, 0.3) is 0 Å². The fourth-order valence-electron chi connectivity index (χ4n) is 4.25. The molecule has 2 aliphatic rings. The maximum Gasteiger partial charge on any atom is 0.310 e. The van der Waals surface area contributed by atoms with Crippen LogP contribution in [-0.2, 0) is 4.79 Å². The smallest absolute Gasteiger partial charge is 0.310 e. The average Bonchev–Trinajstić information content (AvgIpc) is 3.33. The molecule has 1 aliphatic heterocycles. The van der Waals surface area contributed by atoms with Crippen LogP contribution in [0.25, 0.3) is 0 Å². The van der Waals surface area contributed by atoms with Crippen molar-refractivity contribution < 1.29 is 19.4 Å². The summed E-state index contributed by atoms with van der Waals surface area (Å²) in [4.78, 5) is 12.2. The summed E-state index contributed by atoms with van der Waals surface area (Å²) in [7, 11) is 0. The van der Waals surface area contributed by atoms with Crippen LogP contribution in [0.3, 0.4) is 0 Å². The number of hydrogen-bond acceptors (Lipinski definition) is 3. The third-order valence-electron chi connectivity index (χ3n) is 5.45. The highest BCUT2D eigenvalue weighted by Crippen LogP contribution is 2.72. The minimum Gasteiger partial charge on any atom is -0.486 e. The van der Waals surface area contributed by atoms with Gasteiger partial charge >= 0.3 is 5.97 Å².